The van der Waals surface area contributed by atoms with Crippen molar-refractivity contribution in [2.24, 2.45) is 5.92 Å². The smallest absolute Gasteiger partial charge is 0.253 e. The lowest BCUT2D eigenvalue weighted by Gasteiger charge is -2.30. The van der Waals surface area contributed by atoms with E-state index in [1.165, 1.54) is 19.3 Å². The van der Waals surface area contributed by atoms with Gasteiger partial charge in [-0.25, -0.2) is 0 Å². The van der Waals surface area contributed by atoms with Crippen LogP contribution < -0.4 is 4.74 Å². The van der Waals surface area contributed by atoms with Gasteiger partial charge in [0.15, 0.2) is 0 Å². The van der Waals surface area contributed by atoms with Crippen molar-refractivity contribution in [3.8, 4) is 5.75 Å². The van der Waals surface area contributed by atoms with Gasteiger partial charge in [-0.05, 0) is 52.9 Å². The Hall–Kier alpha value is -1.03. The first-order valence-electron chi connectivity index (χ1n) is 6.21. The lowest BCUT2D eigenvalue weighted by atomic mass is 9.85. The predicted octanol–water partition coefficient (Wildman–Crippen LogP) is 3.33. The number of methoxy groups -OCH3 is 1. The van der Waals surface area contributed by atoms with E-state index in [1.54, 1.807) is 7.11 Å². The number of hydrogen-bond acceptors (Lipinski definition) is 2. The fourth-order valence-electron chi connectivity index (χ4n) is 2.17. The molecule has 0 atom stereocenters. The molecule has 1 amide bonds. The SMILES string of the molecule is COc1ccc(C(=O)N(C)CC2CCC2)cc1Br. The van der Waals surface area contributed by atoms with Crippen LogP contribution in [0, 0.1) is 5.92 Å². The summed E-state index contributed by atoms with van der Waals surface area (Å²) in [6, 6.07) is 5.44. The summed E-state index contributed by atoms with van der Waals surface area (Å²) < 4.78 is 5.97. The van der Waals surface area contributed by atoms with E-state index in [4.69, 9.17) is 4.74 Å². The van der Waals surface area contributed by atoms with Crippen LogP contribution in [0.25, 0.3) is 0 Å². The number of nitrogens with zero attached hydrogens (tertiary/aromatic N) is 1. The summed E-state index contributed by atoms with van der Waals surface area (Å²) in [5.74, 6) is 1.51. The second-order valence-electron chi connectivity index (χ2n) is 4.83. The Morgan fingerprint density at radius 3 is 2.72 bits per heavy atom. The molecule has 1 fully saturated rings. The molecule has 0 aliphatic heterocycles. The number of amides is 1. The lowest BCUT2D eigenvalue weighted by molar-refractivity contribution is 0.0745. The Bertz CT molecular complexity index is 443. The number of ether oxygens (including phenoxy) is 1. The predicted molar refractivity (Wildman–Crippen MR) is 75.0 cm³/mol. The number of carbonyl (C=O) groups excluding carboxylic acids is 1. The van der Waals surface area contributed by atoms with Crippen molar-refractivity contribution in [2.75, 3.05) is 20.7 Å². The highest BCUT2D eigenvalue weighted by Gasteiger charge is 2.22. The first kappa shape index (κ1) is 13.4. The summed E-state index contributed by atoms with van der Waals surface area (Å²) in [6.45, 7) is 0.864. The van der Waals surface area contributed by atoms with Crippen molar-refractivity contribution in [1.29, 1.82) is 0 Å². The standard InChI is InChI=1S/C14H18BrNO2/c1-16(9-10-4-3-5-10)14(17)11-6-7-13(18-2)12(15)8-11/h6-8,10H,3-5,9H2,1-2H3. The summed E-state index contributed by atoms with van der Waals surface area (Å²) in [7, 11) is 3.49. The molecule has 3 nitrogen and oxygen atoms in total. The molecule has 1 aliphatic carbocycles. The summed E-state index contributed by atoms with van der Waals surface area (Å²) in [6.07, 6.45) is 3.81. The van der Waals surface area contributed by atoms with Crippen LogP contribution in [0.3, 0.4) is 0 Å². The Morgan fingerprint density at radius 2 is 2.22 bits per heavy atom. The summed E-state index contributed by atoms with van der Waals surface area (Å²) in [4.78, 5) is 14.1. The molecule has 1 saturated carbocycles. The van der Waals surface area contributed by atoms with Crippen molar-refractivity contribution >= 4 is 21.8 Å². The second kappa shape index (κ2) is 5.74. The van der Waals surface area contributed by atoms with E-state index in [2.05, 4.69) is 15.9 Å². The van der Waals surface area contributed by atoms with Gasteiger partial charge in [-0.1, -0.05) is 6.42 Å². The number of halogens is 1. The van der Waals surface area contributed by atoms with Crippen LogP contribution in [0.2, 0.25) is 0 Å². The van der Waals surface area contributed by atoms with Gasteiger partial charge < -0.3 is 9.64 Å². The fraction of sp³-hybridized carbons (Fsp3) is 0.500. The maximum absolute atomic E-state index is 12.2. The Labute approximate surface area is 116 Å². The van der Waals surface area contributed by atoms with E-state index in [9.17, 15) is 4.79 Å². The third-order valence-corrected chi connectivity index (χ3v) is 4.12. The number of rotatable bonds is 4. The third kappa shape index (κ3) is 2.86. The average Bonchev–Trinajstić information content (AvgIpc) is 2.32. The van der Waals surface area contributed by atoms with Crippen molar-refractivity contribution in [3.63, 3.8) is 0 Å². The summed E-state index contributed by atoms with van der Waals surface area (Å²) in [5, 5.41) is 0. The number of carbonyl (C=O) groups is 1. The van der Waals surface area contributed by atoms with Gasteiger partial charge in [0.05, 0.1) is 11.6 Å². The van der Waals surface area contributed by atoms with E-state index in [0.29, 0.717) is 11.5 Å². The van der Waals surface area contributed by atoms with E-state index in [1.807, 2.05) is 30.1 Å². The molecule has 0 saturated heterocycles. The maximum atomic E-state index is 12.2. The zero-order valence-electron chi connectivity index (χ0n) is 10.8. The van der Waals surface area contributed by atoms with Crippen LogP contribution in [0.4, 0.5) is 0 Å². The van der Waals surface area contributed by atoms with Crippen molar-refractivity contribution in [1.82, 2.24) is 4.90 Å². The van der Waals surface area contributed by atoms with Gasteiger partial charge in [0.1, 0.15) is 5.75 Å². The van der Waals surface area contributed by atoms with E-state index in [0.717, 1.165) is 16.8 Å². The normalized spacial score (nSPS) is 15.1. The van der Waals surface area contributed by atoms with Gasteiger partial charge in [0, 0.05) is 19.2 Å². The van der Waals surface area contributed by atoms with Crippen LogP contribution in [0.5, 0.6) is 5.75 Å². The zero-order valence-corrected chi connectivity index (χ0v) is 12.4. The van der Waals surface area contributed by atoms with Gasteiger partial charge in [0.2, 0.25) is 0 Å². The average molecular weight is 312 g/mol. The highest BCUT2D eigenvalue weighted by Crippen LogP contribution is 2.28. The molecule has 2 rings (SSSR count). The third-order valence-electron chi connectivity index (χ3n) is 3.50. The number of benzene rings is 1. The van der Waals surface area contributed by atoms with Gasteiger partial charge in [-0.2, -0.15) is 0 Å². The van der Waals surface area contributed by atoms with Gasteiger partial charge in [-0.15, -0.1) is 0 Å². The van der Waals surface area contributed by atoms with Gasteiger partial charge in [-0.3, -0.25) is 4.79 Å². The molecule has 1 aliphatic rings. The summed E-state index contributed by atoms with van der Waals surface area (Å²) >= 11 is 3.40. The van der Waals surface area contributed by atoms with Crippen LogP contribution in [-0.2, 0) is 0 Å². The quantitative estimate of drug-likeness (QED) is 0.853. The van der Waals surface area contributed by atoms with Crippen LogP contribution >= 0.6 is 15.9 Å². The molecule has 98 valence electrons. The molecule has 0 radical (unpaired) electrons. The second-order valence-corrected chi connectivity index (χ2v) is 5.69. The molecule has 0 aromatic heterocycles. The topological polar surface area (TPSA) is 29.5 Å². The lowest BCUT2D eigenvalue weighted by Crippen LogP contribution is -2.34. The Morgan fingerprint density at radius 1 is 1.50 bits per heavy atom. The molecule has 0 spiro atoms. The zero-order chi connectivity index (χ0) is 13.1. The minimum atomic E-state index is 0.0743. The molecule has 0 bridgehead atoms. The van der Waals surface area contributed by atoms with E-state index in [-0.39, 0.29) is 5.91 Å². The molecule has 0 heterocycles. The molecule has 4 heteroatoms. The van der Waals surface area contributed by atoms with Gasteiger partial charge >= 0.3 is 0 Å². The molecule has 0 unspecified atom stereocenters. The maximum Gasteiger partial charge on any atom is 0.253 e. The first-order chi connectivity index (χ1) is 8.61. The molecular weight excluding hydrogens is 294 g/mol. The highest BCUT2D eigenvalue weighted by molar-refractivity contribution is 9.10. The van der Waals surface area contributed by atoms with Crippen LogP contribution in [-0.4, -0.2) is 31.5 Å². The van der Waals surface area contributed by atoms with Crippen LogP contribution in [0.1, 0.15) is 29.6 Å². The molecule has 1 aromatic rings. The molecule has 1 aromatic carbocycles. The van der Waals surface area contributed by atoms with Crippen LogP contribution in [0.15, 0.2) is 22.7 Å². The fourth-order valence-corrected chi connectivity index (χ4v) is 2.71. The molecule has 18 heavy (non-hydrogen) atoms. The van der Waals surface area contributed by atoms with E-state index >= 15 is 0 Å². The van der Waals surface area contributed by atoms with E-state index < -0.39 is 0 Å². The van der Waals surface area contributed by atoms with Crippen molar-refractivity contribution < 1.29 is 9.53 Å². The van der Waals surface area contributed by atoms with Crippen molar-refractivity contribution in [2.45, 2.75) is 19.3 Å². The molecule has 0 N–H and O–H groups in total. The summed E-state index contributed by atoms with van der Waals surface area (Å²) in [5.41, 5.74) is 0.699. The Kier molecular flexibility index (Phi) is 4.27. The van der Waals surface area contributed by atoms with Gasteiger partial charge in [0.25, 0.3) is 5.91 Å². The molecular formula is C14H18BrNO2. The highest BCUT2D eigenvalue weighted by atomic mass is 79.9. The minimum Gasteiger partial charge on any atom is -0.496 e. The monoisotopic (exact) mass is 311 g/mol. The minimum absolute atomic E-state index is 0.0743. The number of hydrogen-bond donors (Lipinski definition) is 0. The Balaban J connectivity index is 2.05. The largest absolute Gasteiger partial charge is 0.496 e. The van der Waals surface area contributed by atoms with Crippen molar-refractivity contribution in [3.05, 3.63) is 28.2 Å². The first-order valence-corrected chi connectivity index (χ1v) is 7.00.